The Bertz CT molecular complexity index is 1760. The van der Waals surface area contributed by atoms with E-state index in [1.54, 1.807) is 23.7 Å². The summed E-state index contributed by atoms with van der Waals surface area (Å²) in [5.41, 5.74) is 10.9. The van der Waals surface area contributed by atoms with Crippen LogP contribution in [0.2, 0.25) is 0 Å². The van der Waals surface area contributed by atoms with Crippen LogP contribution in [0.3, 0.4) is 0 Å². The second-order valence-electron chi connectivity index (χ2n) is 13.1. The van der Waals surface area contributed by atoms with Crippen LogP contribution in [0.5, 0.6) is 0 Å². The fraction of sp³-hybridized carbons (Fsp3) is 0.432. The number of benzene rings is 3. The molecular weight excluding hydrogens is 661 g/mol. The van der Waals surface area contributed by atoms with Crippen molar-refractivity contribution in [3.05, 3.63) is 95.5 Å². The minimum absolute atomic E-state index is 0.00581. The van der Waals surface area contributed by atoms with Crippen LogP contribution in [0.4, 0.5) is 4.79 Å². The molecule has 262 valence electrons. The normalized spacial score (nSPS) is 15.4. The molecule has 10 nitrogen and oxygen atoms in total. The molecule has 1 fully saturated rings. The molecule has 4 aromatic rings. The molecule has 0 bridgehead atoms. The summed E-state index contributed by atoms with van der Waals surface area (Å²) in [5.74, 6) is -0.940. The number of aliphatic hydroxyl groups is 1. The maximum atomic E-state index is 14.3. The number of amides is 2. The van der Waals surface area contributed by atoms with Gasteiger partial charge in [-0.1, -0.05) is 74.5 Å². The highest BCUT2D eigenvalue weighted by atomic mass is 32.2. The lowest BCUT2D eigenvalue weighted by atomic mass is 9.84. The summed E-state index contributed by atoms with van der Waals surface area (Å²) in [6.07, 6.45) is 2.14. The number of rotatable bonds is 16. The van der Waals surface area contributed by atoms with E-state index in [9.17, 15) is 23.1 Å². The number of hydrogen-bond donors (Lipinski definition) is 2. The third-order valence-corrected chi connectivity index (χ3v) is 11.9. The molecule has 0 aliphatic heterocycles. The molecule has 0 spiro atoms. The van der Waals surface area contributed by atoms with Crippen LogP contribution in [0.25, 0.3) is 10.2 Å². The number of aliphatic hydroxyl groups excluding tert-OH is 1. The van der Waals surface area contributed by atoms with Crippen molar-refractivity contribution < 1.29 is 27.9 Å². The van der Waals surface area contributed by atoms with Crippen molar-refractivity contribution in [3.8, 4) is 0 Å². The Morgan fingerprint density at radius 1 is 1.00 bits per heavy atom. The molecule has 3 N–H and O–H groups in total. The van der Waals surface area contributed by atoms with Gasteiger partial charge in [0, 0.05) is 24.5 Å². The molecule has 12 heteroatoms. The predicted molar refractivity (Wildman–Crippen MR) is 192 cm³/mol. The monoisotopic (exact) mass is 706 g/mol. The van der Waals surface area contributed by atoms with Gasteiger partial charge in [0.1, 0.15) is 0 Å². The van der Waals surface area contributed by atoms with E-state index in [0.29, 0.717) is 19.3 Å². The molecule has 0 unspecified atom stereocenters. The Hall–Kier alpha value is -3.68. The van der Waals surface area contributed by atoms with E-state index in [0.717, 1.165) is 34.2 Å². The summed E-state index contributed by atoms with van der Waals surface area (Å²) in [7, 11) is -2.70. The Labute approximate surface area is 293 Å². The summed E-state index contributed by atoms with van der Waals surface area (Å²) >= 11 is 1.37. The first-order valence-electron chi connectivity index (χ1n) is 16.8. The molecule has 0 radical (unpaired) electrons. The first-order valence-corrected chi connectivity index (χ1v) is 19.1. The lowest BCUT2D eigenvalue weighted by Gasteiger charge is -2.35. The smallest absolute Gasteiger partial charge is 0.416 e. The van der Waals surface area contributed by atoms with E-state index in [2.05, 4.69) is 4.98 Å². The summed E-state index contributed by atoms with van der Waals surface area (Å²) in [6.45, 7) is 3.73. The summed E-state index contributed by atoms with van der Waals surface area (Å²) < 4.78 is 35.4. The second-order valence-corrected chi connectivity index (χ2v) is 15.9. The van der Waals surface area contributed by atoms with Crippen LogP contribution in [-0.4, -0.2) is 78.1 Å². The zero-order chi connectivity index (χ0) is 35.1. The Balaban J connectivity index is 1.37. The lowest BCUT2D eigenvalue weighted by Crippen LogP contribution is -2.54. The summed E-state index contributed by atoms with van der Waals surface area (Å²) in [6, 6.07) is 21.7. The van der Waals surface area contributed by atoms with Crippen LogP contribution < -0.4 is 5.73 Å². The maximum Gasteiger partial charge on any atom is 0.416 e. The minimum atomic E-state index is -3.96. The van der Waals surface area contributed by atoms with Gasteiger partial charge in [-0.3, -0.25) is 4.79 Å². The number of nitrogens with two attached hydrogens (primary N) is 1. The van der Waals surface area contributed by atoms with E-state index >= 15 is 0 Å². The molecule has 1 aromatic heterocycles. The number of aromatic nitrogens is 1. The highest BCUT2D eigenvalue weighted by Gasteiger charge is 2.44. The van der Waals surface area contributed by atoms with E-state index < -0.39 is 46.1 Å². The number of imide groups is 1. The highest BCUT2D eigenvalue weighted by Crippen LogP contribution is 2.39. The molecule has 0 saturated heterocycles. The number of nitrogens with zero attached hydrogens (tertiary/aromatic N) is 3. The van der Waals surface area contributed by atoms with E-state index in [-0.39, 0.29) is 29.9 Å². The van der Waals surface area contributed by atoms with Gasteiger partial charge < -0.3 is 15.6 Å². The van der Waals surface area contributed by atoms with Crippen molar-refractivity contribution in [1.29, 1.82) is 0 Å². The SMILES string of the molecule is COC(=O)N(C(=O)[C@@H](N)C(c1ccccc1)c1ccccc1)[C@H](CCC[C@@H](CO)N(CC(C)C)S(=O)(=O)c1ccc2ncsc2c1)C1CC1. The Morgan fingerprint density at radius 2 is 1.63 bits per heavy atom. The van der Waals surface area contributed by atoms with Gasteiger partial charge in [-0.15, -0.1) is 11.3 Å². The molecule has 1 heterocycles. The molecule has 3 aromatic carbocycles. The highest BCUT2D eigenvalue weighted by molar-refractivity contribution is 7.89. The minimum Gasteiger partial charge on any atom is -0.452 e. The van der Waals surface area contributed by atoms with Gasteiger partial charge in [0.05, 0.1) is 40.4 Å². The zero-order valence-electron chi connectivity index (χ0n) is 28.2. The van der Waals surface area contributed by atoms with Crippen LogP contribution in [0.15, 0.2) is 89.3 Å². The summed E-state index contributed by atoms with van der Waals surface area (Å²) in [4.78, 5) is 33.3. The van der Waals surface area contributed by atoms with Gasteiger partial charge in [0.15, 0.2) is 0 Å². The third-order valence-electron chi connectivity index (χ3n) is 9.18. The number of fused-ring (bicyclic) bond motifs is 1. The topological polar surface area (TPSA) is 143 Å². The second kappa shape index (κ2) is 16.4. The van der Waals surface area contributed by atoms with E-state index in [1.165, 1.54) is 27.7 Å². The molecule has 3 atom stereocenters. The molecular formula is C37H46N4O6S2. The molecule has 1 aliphatic rings. The van der Waals surface area contributed by atoms with Crippen molar-refractivity contribution in [1.82, 2.24) is 14.2 Å². The largest absolute Gasteiger partial charge is 0.452 e. The first kappa shape index (κ1) is 36.6. The fourth-order valence-electron chi connectivity index (χ4n) is 6.60. The van der Waals surface area contributed by atoms with Gasteiger partial charge in [-0.2, -0.15) is 4.31 Å². The molecule has 5 rings (SSSR count). The van der Waals surface area contributed by atoms with Gasteiger partial charge in [0.25, 0.3) is 0 Å². The van der Waals surface area contributed by atoms with Crippen LogP contribution in [0, 0.1) is 11.8 Å². The van der Waals surface area contributed by atoms with Crippen molar-refractivity contribution in [2.24, 2.45) is 17.6 Å². The van der Waals surface area contributed by atoms with Crippen molar-refractivity contribution in [2.45, 2.75) is 74.9 Å². The van der Waals surface area contributed by atoms with Crippen molar-refractivity contribution >= 4 is 43.6 Å². The number of carbonyl (C=O) groups is 2. The maximum absolute atomic E-state index is 14.3. The third kappa shape index (κ3) is 8.56. The quantitative estimate of drug-likeness (QED) is 0.144. The number of sulfonamides is 1. The average molecular weight is 707 g/mol. The van der Waals surface area contributed by atoms with E-state index in [1.807, 2.05) is 74.5 Å². The number of methoxy groups -OCH3 is 1. The number of thiazole rings is 1. The fourth-order valence-corrected chi connectivity index (χ4v) is 9.23. The van der Waals surface area contributed by atoms with Crippen molar-refractivity contribution in [3.63, 3.8) is 0 Å². The molecule has 1 saturated carbocycles. The van der Waals surface area contributed by atoms with Crippen LogP contribution in [0.1, 0.15) is 63.0 Å². The first-order chi connectivity index (χ1) is 23.6. The number of carbonyl (C=O) groups excluding carboxylic acids is 2. The van der Waals surface area contributed by atoms with Gasteiger partial charge in [0.2, 0.25) is 15.9 Å². The average Bonchev–Trinajstić information content (AvgIpc) is 3.84. The standard InChI is InChI=1S/C37H46N4O6S2/c1-25(2)22-40(49(45,46)30-19-20-31-33(21-30)48-24-39-31)29(23-42)15-10-16-32(26-17-18-26)41(37(44)47-3)36(43)35(38)34(27-11-6-4-7-12-27)28-13-8-5-9-14-28/h4-9,11-14,19-21,24-26,29,32,34-35,42H,10,15-18,22-23,38H2,1-3H3/t29-,32+,35-/m0/s1. The van der Waals surface area contributed by atoms with E-state index in [4.69, 9.17) is 10.5 Å². The zero-order valence-corrected chi connectivity index (χ0v) is 29.9. The van der Waals surface area contributed by atoms with Crippen molar-refractivity contribution in [2.75, 3.05) is 20.3 Å². The molecule has 49 heavy (non-hydrogen) atoms. The number of ether oxygens (including phenoxy) is 1. The van der Waals surface area contributed by atoms with Gasteiger partial charge >= 0.3 is 6.09 Å². The Morgan fingerprint density at radius 3 is 2.18 bits per heavy atom. The van der Waals surface area contributed by atoms with Gasteiger partial charge in [-0.25, -0.2) is 23.1 Å². The Kier molecular flexibility index (Phi) is 12.2. The molecule has 1 aliphatic carbocycles. The number of hydrogen-bond acceptors (Lipinski definition) is 9. The van der Waals surface area contributed by atoms with Gasteiger partial charge in [-0.05, 0) is 73.3 Å². The van der Waals surface area contributed by atoms with Crippen LogP contribution in [-0.2, 0) is 19.6 Å². The molecule has 2 amide bonds. The lowest BCUT2D eigenvalue weighted by molar-refractivity contribution is -0.133. The summed E-state index contributed by atoms with van der Waals surface area (Å²) in [5, 5.41) is 10.5. The predicted octanol–water partition coefficient (Wildman–Crippen LogP) is 6.01. The van der Waals surface area contributed by atoms with Crippen LogP contribution >= 0.6 is 11.3 Å².